The van der Waals surface area contributed by atoms with Crippen molar-refractivity contribution in [3.05, 3.63) is 54.1 Å². The minimum Gasteiger partial charge on any atom is -0.497 e. The van der Waals surface area contributed by atoms with Crippen molar-refractivity contribution < 1.29 is 13.2 Å². The number of nitrogens with one attached hydrogen (secondary N) is 1. The Balaban J connectivity index is 1.60. The molecule has 3 N–H and O–H groups in total. The third kappa shape index (κ3) is 4.26. The zero-order valence-electron chi connectivity index (χ0n) is 14.6. The number of hydrogen-bond donors (Lipinski definition) is 2. The topological polar surface area (TPSA) is 97.0 Å². The molecule has 3 rings (SSSR count). The highest BCUT2D eigenvalue weighted by molar-refractivity contribution is 7.93. The van der Waals surface area contributed by atoms with Crippen molar-refractivity contribution in [2.75, 3.05) is 29.0 Å². The van der Waals surface area contributed by atoms with E-state index in [2.05, 4.69) is 10.3 Å². The maximum absolute atomic E-state index is 11.9. The third-order valence-corrected chi connectivity index (χ3v) is 5.99. The maximum Gasteiger partial charge on any atom is 0.235 e. The van der Waals surface area contributed by atoms with Crippen molar-refractivity contribution in [2.24, 2.45) is 10.7 Å². The van der Waals surface area contributed by atoms with Crippen LogP contribution in [0.1, 0.15) is 12.0 Å². The first-order chi connectivity index (χ1) is 12.5. The van der Waals surface area contributed by atoms with Gasteiger partial charge in [-0.25, -0.2) is 13.4 Å². The van der Waals surface area contributed by atoms with Crippen molar-refractivity contribution >= 4 is 27.4 Å². The smallest absolute Gasteiger partial charge is 0.235 e. The number of anilines is 2. The minimum atomic E-state index is -3.15. The van der Waals surface area contributed by atoms with Gasteiger partial charge in [0.25, 0.3) is 0 Å². The average Bonchev–Trinajstić information content (AvgIpc) is 3.00. The monoisotopic (exact) mass is 374 g/mol. The summed E-state index contributed by atoms with van der Waals surface area (Å²) in [4.78, 5) is 4.31. The summed E-state index contributed by atoms with van der Waals surface area (Å²) >= 11 is 0. The fourth-order valence-corrected chi connectivity index (χ4v) is 4.30. The second kappa shape index (κ2) is 7.65. The number of hydrogen-bond acceptors (Lipinski definition) is 4. The number of rotatable bonds is 5. The lowest BCUT2D eigenvalue weighted by atomic mass is 10.2. The van der Waals surface area contributed by atoms with E-state index in [9.17, 15) is 8.42 Å². The van der Waals surface area contributed by atoms with Gasteiger partial charge in [-0.1, -0.05) is 12.1 Å². The fraction of sp³-hybridized carbons (Fsp3) is 0.278. The van der Waals surface area contributed by atoms with Crippen LogP contribution in [0.2, 0.25) is 0 Å². The summed E-state index contributed by atoms with van der Waals surface area (Å²) < 4.78 is 30.5. The highest BCUT2D eigenvalue weighted by Gasteiger charge is 2.28. The summed E-state index contributed by atoms with van der Waals surface area (Å²) in [6.07, 6.45) is 0.669. The number of methoxy groups -OCH3 is 1. The van der Waals surface area contributed by atoms with Crippen molar-refractivity contribution in [1.82, 2.24) is 0 Å². The van der Waals surface area contributed by atoms with E-state index in [4.69, 9.17) is 10.5 Å². The Morgan fingerprint density at radius 2 is 1.88 bits per heavy atom. The van der Waals surface area contributed by atoms with Crippen LogP contribution >= 0.6 is 0 Å². The molecule has 8 heteroatoms. The summed E-state index contributed by atoms with van der Waals surface area (Å²) in [6.45, 7) is 0.945. The van der Waals surface area contributed by atoms with E-state index < -0.39 is 10.0 Å². The molecule has 0 atom stereocenters. The zero-order chi connectivity index (χ0) is 18.6. The van der Waals surface area contributed by atoms with E-state index in [0.29, 0.717) is 31.2 Å². The predicted molar refractivity (Wildman–Crippen MR) is 104 cm³/mol. The van der Waals surface area contributed by atoms with Gasteiger partial charge in [-0.3, -0.25) is 4.31 Å². The minimum absolute atomic E-state index is 0.215. The molecule has 0 unspecified atom stereocenters. The molecule has 2 aromatic rings. The molecular formula is C18H22N4O3S. The van der Waals surface area contributed by atoms with Gasteiger partial charge in [0.1, 0.15) is 5.75 Å². The molecule has 26 heavy (non-hydrogen) atoms. The van der Waals surface area contributed by atoms with Gasteiger partial charge in [0.15, 0.2) is 5.96 Å². The summed E-state index contributed by atoms with van der Waals surface area (Å²) in [5.41, 5.74) is 8.37. The molecule has 7 nitrogen and oxygen atoms in total. The van der Waals surface area contributed by atoms with Gasteiger partial charge >= 0.3 is 0 Å². The summed E-state index contributed by atoms with van der Waals surface area (Å²) in [6, 6.07) is 14.7. The van der Waals surface area contributed by atoms with Gasteiger partial charge in [-0.2, -0.15) is 0 Å². The van der Waals surface area contributed by atoms with E-state index in [0.717, 1.165) is 17.0 Å². The largest absolute Gasteiger partial charge is 0.497 e. The van der Waals surface area contributed by atoms with Crippen molar-refractivity contribution in [1.29, 1.82) is 0 Å². The second-order valence-electron chi connectivity index (χ2n) is 5.96. The van der Waals surface area contributed by atoms with Crippen LogP contribution in [-0.2, 0) is 16.6 Å². The predicted octanol–water partition coefficient (Wildman–Crippen LogP) is 2.16. The Labute approximate surface area is 153 Å². The molecule has 0 spiro atoms. The number of aliphatic imine (C=N–C) groups is 1. The lowest BCUT2D eigenvalue weighted by Gasteiger charge is -2.16. The van der Waals surface area contributed by atoms with Crippen molar-refractivity contribution in [3.63, 3.8) is 0 Å². The molecule has 0 radical (unpaired) electrons. The van der Waals surface area contributed by atoms with Crippen molar-refractivity contribution in [2.45, 2.75) is 13.0 Å². The SMILES string of the molecule is COc1ccc(NC(N)=NCc2ccc(N3CCCS3(=O)=O)cc2)cc1. The van der Waals surface area contributed by atoms with Crippen LogP contribution < -0.4 is 20.1 Å². The Morgan fingerprint density at radius 1 is 1.19 bits per heavy atom. The molecule has 0 bridgehead atoms. The highest BCUT2D eigenvalue weighted by atomic mass is 32.2. The van der Waals surface area contributed by atoms with Gasteiger partial charge in [0.05, 0.1) is 25.1 Å². The van der Waals surface area contributed by atoms with Crippen LogP contribution in [0.4, 0.5) is 11.4 Å². The quantitative estimate of drug-likeness (QED) is 0.617. The molecule has 0 amide bonds. The number of guanidine groups is 1. The third-order valence-electron chi connectivity index (χ3n) is 4.12. The van der Waals surface area contributed by atoms with Gasteiger partial charge in [0.2, 0.25) is 10.0 Å². The van der Waals surface area contributed by atoms with Crippen LogP contribution in [0, 0.1) is 0 Å². The van der Waals surface area contributed by atoms with Gasteiger partial charge in [-0.05, 0) is 48.4 Å². The molecular weight excluding hydrogens is 352 g/mol. The molecule has 2 aromatic carbocycles. The molecule has 1 heterocycles. The lowest BCUT2D eigenvalue weighted by Crippen LogP contribution is -2.25. The van der Waals surface area contributed by atoms with Crippen LogP contribution in [0.15, 0.2) is 53.5 Å². The van der Waals surface area contributed by atoms with E-state index in [1.54, 1.807) is 19.2 Å². The molecule has 1 saturated heterocycles. The first-order valence-electron chi connectivity index (χ1n) is 8.28. The molecule has 1 fully saturated rings. The van der Waals surface area contributed by atoms with E-state index in [-0.39, 0.29) is 5.75 Å². The maximum atomic E-state index is 11.9. The first-order valence-corrected chi connectivity index (χ1v) is 9.89. The second-order valence-corrected chi connectivity index (χ2v) is 7.98. The van der Waals surface area contributed by atoms with E-state index in [1.807, 2.05) is 36.4 Å². The molecule has 0 aliphatic carbocycles. The lowest BCUT2D eigenvalue weighted by molar-refractivity contribution is 0.415. The average molecular weight is 374 g/mol. The Morgan fingerprint density at radius 3 is 2.46 bits per heavy atom. The van der Waals surface area contributed by atoms with Crippen LogP contribution in [0.3, 0.4) is 0 Å². The molecule has 0 saturated carbocycles. The van der Waals surface area contributed by atoms with Crippen LogP contribution in [0.25, 0.3) is 0 Å². The first kappa shape index (κ1) is 18.1. The van der Waals surface area contributed by atoms with Crippen molar-refractivity contribution in [3.8, 4) is 5.75 Å². The standard InChI is InChI=1S/C18H22N4O3S/c1-25-17-9-5-15(6-10-17)21-18(19)20-13-14-3-7-16(8-4-14)22-11-2-12-26(22,23)24/h3-10H,2,11-13H2,1H3,(H3,19,20,21). The van der Waals surface area contributed by atoms with Crippen LogP contribution in [-0.4, -0.2) is 33.8 Å². The normalized spacial score (nSPS) is 16.5. The van der Waals surface area contributed by atoms with Crippen LogP contribution in [0.5, 0.6) is 5.75 Å². The highest BCUT2D eigenvalue weighted by Crippen LogP contribution is 2.24. The zero-order valence-corrected chi connectivity index (χ0v) is 15.4. The van der Waals surface area contributed by atoms with Gasteiger partial charge in [-0.15, -0.1) is 0 Å². The fourth-order valence-electron chi connectivity index (χ4n) is 2.74. The number of benzene rings is 2. The Bertz CT molecular complexity index is 878. The molecule has 0 aromatic heterocycles. The molecule has 1 aliphatic rings. The number of nitrogens with two attached hydrogens (primary N) is 1. The number of nitrogens with zero attached hydrogens (tertiary/aromatic N) is 2. The van der Waals surface area contributed by atoms with E-state index >= 15 is 0 Å². The molecule has 138 valence electrons. The van der Waals surface area contributed by atoms with Gasteiger partial charge in [0, 0.05) is 12.2 Å². The van der Waals surface area contributed by atoms with Gasteiger partial charge < -0.3 is 15.8 Å². The molecule has 1 aliphatic heterocycles. The summed E-state index contributed by atoms with van der Waals surface area (Å²) in [5.74, 6) is 1.29. The summed E-state index contributed by atoms with van der Waals surface area (Å²) in [7, 11) is -1.54. The Hall–Kier alpha value is -2.74. The Kier molecular flexibility index (Phi) is 5.32. The summed E-state index contributed by atoms with van der Waals surface area (Å²) in [5, 5.41) is 3.02. The van der Waals surface area contributed by atoms with E-state index in [1.165, 1.54) is 4.31 Å². The number of sulfonamides is 1. The number of ether oxygens (including phenoxy) is 1.